The third-order valence-electron chi connectivity index (χ3n) is 4.54. The van der Waals surface area contributed by atoms with Gasteiger partial charge in [0.05, 0.1) is 17.9 Å². The molecule has 6 nitrogen and oxygen atoms in total. The zero-order valence-electron chi connectivity index (χ0n) is 15.6. The number of fused-ring (bicyclic) bond motifs is 1. The van der Waals surface area contributed by atoms with E-state index in [-0.39, 0.29) is 11.8 Å². The second kappa shape index (κ2) is 8.87. The number of benzene rings is 1. The normalized spacial score (nSPS) is 16.4. The van der Waals surface area contributed by atoms with Gasteiger partial charge in [-0.1, -0.05) is 24.3 Å². The quantitative estimate of drug-likeness (QED) is 0.338. The smallest absolute Gasteiger partial charge is 0.266 e. The summed E-state index contributed by atoms with van der Waals surface area (Å²) < 4.78 is 5.30. The van der Waals surface area contributed by atoms with Crippen LogP contribution in [0.2, 0.25) is 0 Å². The second-order valence-electron chi connectivity index (χ2n) is 6.42. The number of anilines is 1. The number of amides is 2. The van der Waals surface area contributed by atoms with E-state index in [1.165, 1.54) is 0 Å². The Bertz CT molecular complexity index is 1020. The molecule has 0 saturated carbocycles. The fourth-order valence-electron chi connectivity index (χ4n) is 3.17. The van der Waals surface area contributed by atoms with Gasteiger partial charge in [-0.05, 0) is 35.9 Å². The van der Waals surface area contributed by atoms with Gasteiger partial charge in [-0.25, -0.2) is 9.88 Å². The number of aliphatic imine (C=N–C) groups is 1. The molecule has 0 radical (unpaired) electrons. The van der Waals surface area contributed by atoms with Crippen LogP contribution in [-0.2, 0) is 10.5 Å². The van der Waals surface area contributed by atoms with Crippen molar-refractivity contribution in [1.82, 2.24) is 4.98 Å². The molecular formula is C22H19N3O3S. The number of aromatic nitrogens is 1. The van der Waals surface area contributed by atoms with Crippen molar-refractivity contribution in [1.29, 1.82) is 0 Å². The minimum Gasteiger partial charge on any atom is -0.468 e. The van der Waals surface area contributed by atoms with E-state index in [4.69, 9.17) is 4.42 Å². The van der Waals surface area contributed by atoms with E-state index >= 15 is 0 Å². The average molecular weight is 405 g/mol. The number of thioether (sulfide) groups is 1. The molecule has 0 bridgehead atoms. The van der Waals surface area contributed by atoms with Gasteiger partial charge in [-0.3, -0.25) is 14.6 Å². The molecule has 1 aromatic carbocycles. The molecule has 29 heavy (non-hydrogen) atoms. The van der Waals surface area contributed by atoms with Crippen LogP contribution in [0.3, 0.4) is 0 Å². The summed E-state index contributed by atoms with van der Waals surface area (Å²) in [6.07, 6.45) is 4.88. The number of nitrogens with zero attached hydrogens (tertiary/aromatic N) is 3. The topological polar surface area (TPSA) is 75.8 Å². The molecule has 0 aliphatic carbocycles. The molecular weight excluding hydrogens is 386 g/mol. The van der Waals surface area contributed by atoms with Gasteiger partial charge in [0.25, 0.3) is 5.91 Å². The van der Waals surface area contributed by atoms with E-state index in [2.05, 4.69) is 9.98 Å². The zero-order chi connectivity index (χ0) is 20.1. The minimum absolute atomic E-state index is 0.324. The standard InChI is InChI=1S/C22H19N3O3S/c26-21-18-8-2-1-7-17(18)19(22(27)25(21)20-9-3-4-10-24-20)14-23-11-13-29-15-16-6-5-12-28-16/h1-10,12,14,19H,11,13,15H2/t19-/m1/s1. The summed E-state index contributed by atoms with van der Waals surface area (Å²) in [5.41, 5.74) is 1.18. The van der Waals surface area contributed by atoms with Gasteiger partial charge in [0.1, 0.15) is 11.6 Å². The Morgan fingerprint density at radius 1 is 1.10 bits per heavy atom. The van der Waals surface area contributed by atoms with Crippen molar-refractivity contribution >= 4 is 35.6 Å². The molecule has 3 heterocycles. The molecule has 146 valence electrons. The summed E-state index contributed by atoms with van der Waals surface area (Å²) >= 11 is 1.71. The molecule has 0 spiro atoms. The highest BCUT2D eigenvalue weighted by Crippen LogP contribution is 2.30. The molecule has 4 rings (SSSR count). The zero-order valence-corrected chi connectivity index (χ0v) is 16.4. The number of hydrogen-bond acceptors (Lipinski definition) is 6. The first-order valence-corrected chi connectivity index (χ1v) is 10.4. The van der Waals surface area contributed by atoms with Crippen LogP contribution >= 0.6 is 11.8 Å². The first-order valence-electron chi connectivity index (χ1n) is 9.24. The van der Waals surface area contributed by atoms with E-state index < -0.39 is 5.92 Å². The summed E-state index contributed by atoms with van der Waals surface area (Å²) in [4.78, 5) is 35.8. The number of furan rings is 1. The molecule has 2 amide bonds. The van der Waals surface area contributed by atoms with E-state index in [1.54, 1.807) is 60.8 Å². The van der Waals surface area contributed by atoms with Crippen LogP contribution in [0.1, 0.15) is 27.6 Å². The molecule has 0 fully saturated rings. The number of rotatable bonds is 7. The van der Waals surface area contributed by atoms with Crippen molar-refractivity contribution in [3.05, 3.63) is 83.9 Å². The van der Waals surface area contributed by atoms with Crippen LogP contribution in [-0.4, -0.2) is 35.3 Å². The molecule has 1 atom stereocenters. The number of imide groups is 1. The van der Waals surface area contributed by atoms with Crippen molar-refractivity contribution in [2.75, 3.05) is 17.2 Å². The number of hydrogen-bond donors (Lipinski definition) is 0. The van der Waals surface area contributed by atoms with Gasteiger partial charge in [0.2, 0.25) is 5.91 Å². The van der Waals surface area contributed by atoms with Crippen LogP contribution in [0.25, 0.3) is 0 Å². The monoisotopic (exact) mass is 405 g/mol. The molecule has 1 aliphatic rings. The third kappa shape index (κ3) is 4.14. The lowest BCUT2D eigenvalue weighted by Crippen LogP contribution is -2.46. The Kier molecular flexibility index (Phi) is 5.86. The summed E-state index contributed by atoms with van der Waals surface area (Å²) in [5.74, 6) is 1.55. The van der Waals surface area contributed by atoms with Gasteiger partial charge in [0.15, 0.2) is 0 Å². The highest BCUT2D eigenvalue weighted by Gasteiger charge is 2.39. The highest BCUT2D eigenvalue weighted by molar-refractivity contribution is 7.98. The Hall–Kier alpha value is -3.19. The summed E-state index contributed by atoms with van der Waals surface area (Å²) in [5, 5.41) is 0. The van der Waals surface area contributed by atoms with Gasteiger partial charge in [-0.15, -0.1) is 0 Å². The lowest BCUT2D eigenvalue weighted by Gasteiger charge is -2.30. The molecule has 0 saturated heterocycles. The van der Waals surface area contributed by atoms with Crippen molar-refractivity contribution < 1.29 is 14.0 Å². The maximum Gasteiger partial charge on any atom is 0.266 e. The van der Waals surface area contributed by atoms with E-state index in [0.29, 0.717) is 23.5 Å². The Balaban J connectivity index is 1.49. The number of carbonyl (C=O) groups excluding carboxylic acids is 2. The predicted octanol–water partition coefficient (Wildman–Crippen LogP) is 3.95. The fraction of sp³-hybridized carbons (Fsp3) is 0.182. The SMILES string of the molecule is O=C1c2ccccc2[C@@H](C=NCCSCc2ccco2)C(=O)N1c1ccccn1. The van der Waals surface area contributed by atoms with Crippen molar-refractivity contribution in [3.63, 3.8) is 0 Å². The Morgan fingerprint density at radius 2 is 1.97 bits per heavy atom. The lowest BCUT2D eigenvalue weighted by molar-refractivity contribution is -0.118. The van der Waals surface area contributed by atoms with Crippen molar-refractivity contribution in [2.24, 2.45) is 4.99 Å². The third-order valence-corrected chi connectivity index (χ3v) is 5.50. The molecule has 2 aromatic heterocycles. The maximum absolute atomic E-state index is 13.1. The minimum atomic E-state index is -0.610. The number of pyridine rings is 1. The second-order valence-corrected chi connectivity index (χ2v) is 7.52. The molecule has 7 heteroatoms. The van der Waals surface area contributed by atoms with Crippen LogP contribution in [0, 0.1) is 0 Å². The van der Waals surface area contributed by atoms with E-state index in [0.717, 1.165) is 22.2 Å². The first-order chi connectivity index (χ1) is 14.3. The van der Waals surface area contributed by atoms with Crippen LogP contribution in [0.15, 0.2) is 76.5 Å². The highest BCUT2D eigenvalue weighted by atomic mass is 32.2. The van der Waals surface area contributed by atoms with Gasteiger partial charge in [-0.2, -0.15) is 11.8 Å². The average Bonchev–Trinajstić information content (AvgIpc) is 3.27. The largest absolute Gasteiger partial charge is 0.468 e. The summed E-state index contributed by atoms with van der Waals surface area (Å²) in [7, 11) is 0. The number of carbonyl (C=O) groups is 2. The summed E-state index contributed by atoms with van der Waals surface area (Å²) in [6, 6.07) is 16.1. The van der Waals surface area contributed by atoms with Gasteiger partial charge in [0, 0.05) is 30.3 Å². The van der Waals surface area contributed by atoms with Crippen molar-refractivity contribution in [2.45, 2.75) is 11.7 Å². The fourth-order valence-corrected chi connectivity index (χ4v) is 3.91. The summed E-state index contributed by atoms with van der Waals surface area (Å²) in [6.45, 7) is 0.578. The lowest BCUT2D eigenvalue weighted by atomic mass is 9.89. The van der Waals surface area contributed by atoms with Crippen LogP contribution < -0.4 is 4.90 Å². The Morgan fingerprint density at radius 3 is 2.76 bits per heavy atom. The maximum atomic E-state index is 13.1. The van der Waals surface area contributed by atoms with E-state index in [9.17, 15) is 9.59 Å². The van der Waals surface area contributed by atoms with Gasteiger partial charge < -0.3 is 4.42 Å². The molecule has 0 unspecified atom stereocenters. The van der Waals surface area contributed by atoms with Crippen molar-refractivity contribution in [3.8, 4) is 0 Å². The molecule has 0 N–H and O–H groups in total. The predicted molar refractivity (Wildman–Crippen MR) is 113 cm³/mol. The Labute approximate surface area is 172 Å². The van der Waals surface area contributed by atoms with Crippen LogP contribution in [0.5, 0.6) is 0 Å². The first kappa shape index (κ1) is 19.1. The van der Waals surface area contributed by atoms with Gasteiger partial charge >= 0.3 is 0 Å². The van der Waals surface area contributed by atoms with E-state index in [1.807, 2.05) is 24.3 Å². The van der Waals surface area contributed by atoms with Crippen LogP contribution in [0.4, 0.5) is 5.82 Å². The molecule has 1 aliphatic heterocycles. The molecule has 3 aromatic rings.